The standard InChI is InChI=1S/C28H24F3N7O2/c1-2-4-23(39)37-14-3-5-19(16-37)24-21-11-13-34-27(32)38(21)25(36-24)17-6-8-18(9-7-17)26(40)35-22-15-20(10-12-33-22)28(29,30)31/h6-13,15,19H,3,5,14,16H2,1H3,(H2,32,34)(H,33,35,40). The molecular weight excluding hydrogens is 523 g/mol. The number of alkyl halides is 3. The Hall–Kier alpha value is -4.92. The molecule has 0 saturated carbocycles. The van der Waals surface area contributed by atoms with Gasteiger partial charge in [0, 0.05) is 42.5 Å². The van der Waals surface area contributed by atoms with Gasteiger partial charge in [-0.25, -0.2) is 15.0 Å². The van der Waals surface area contributed by atoms with Crippen molar-refractivity contribution in [2.45, 2.75) is 31.9 Å². The van der Waals surface area contributed by atoms with E-state index in [1.54, 1.807) is 34.6 Å². The van der Waals surface area contributed by atoms with Gasteiger partial charge in [0.2, 0.25) is 5.95 Å². The van der Waals surface area contributed by atoms with Gasteiger partial charge in [0.05, 0.1) is 16.8 Å². The maximum absolute atomic E-state index is 13.0. The third-order valence-corrected chi connectivity index (χ3v) is 6.67. The number of anilines is 2. The van der Waals surface area contributed by atoms with Gasteiger partial charge in [0.1, 0.15) is 11.6 Å². The lowest BCUT2D eigenvalue weighted by Crippen LogP contribution is -2.38. The molecule has 12 heteroatoms. The highest BCUT2D eigenvalue weighted by Gasteiger charge is 2.31. The zero-order valence-electron chi connectivity index (χ0n) is 21.4. The van der Waals surface area contributed by atoms with Gasteiger partial charge in [0.25, 0.3) is 11.8 Å². The Kier molecular flexibility index (Phi) is 7.13. The van der Waals surface area contributed by atoms with Gasteiger partial charge >= 0.3 is 6.18 Å². The molecule has 4 heterocycles. The van der Waals surface area contributed by atoms with Crippen LogP contribution in [0.5, 0.6) is 0 Å². The maximum Gasteiger partial charge on any atom is 0.416 e. The summed E-state index contributed by atoms with van der Waals surface area (Å²) in [6.07, 6.45) is -0.327. The molecule has 1 atom stereocenters. The summed E-state index contributed by atoms with van der Waals surface area (Å²) >= 11 is 0. The first-order valence-electron chi connectivity index (χ1n) is 12.4. The number of pyridine rings is 1. The number of halogens is 3. The van der Waals surface area contributed by atoms with E-state index >= 15 is 0 Å². The molecular formula is C28H24F3N7O2. The molecule has 4 aromatic rings. The Morgan fingerprint density at radius 3 is 2.58 bits per heavy atom. The second kappa shape index (κ2) is 10.7. The van der Waals surface area contributed by atoms with E-state index < -0.39 is 17.6 Å². The monoisotopic (exact) mass is 547 g/mol. The first-order chi connectivity index (χ1) is 19.2. The van der Waals surface area contributed by atoms with E-state index in [-0.39, 0.29) is 29.2 Å². The van der Waals surface area contributed by atoms with Crippen molar-refractivity contribution < 1.29 is 22.8 Å². The van der Waals surface area contributed by atoms with E-state index in [4.69, 9.17) is 10.7 Å². The van der Waals surface area contributed by atoms with E-state index in [0.29, 0.717) is 24.5 Å². The summed E-state index contributed by atoms with van der Waals surface area (Å²) in [4.78, 5) is 39.7. The van der Waals surface area contributed by atoms with Crippen molar-refractivity contribution in [3.63, 3.8) is 0 Å². The molecule has 204 valence electrons. The van der Waals surface area contributed by atoms with Crippen LogP contribution >= 0.6 is 0 Å². The van der Waals surface area contributed by atoms with E-state index in [9.17, 15) is 22.8 Å². The summed E-state index contributed by atoms with van der Waals surface area (Å²) in [5, 5.41) is 2.40. The Morgan fingerprint density at radius 1 is 1.10 bits per heavy atom. The minimum atomic E-state index is -4.55. The molecule has 0 radical (unpaired) electrons. The number of benzene rings is 1. The lowest BCUT2D eigenvalue weighted by molar-refractivity contribution is -0.137. The molecule has 1 aromatic carbocycles. The number of carbonyl (C=O) groups is 2. The molecule has 40 heavy (non-hydrogen) atoms. The molecule has 1 aliphatic rings. The molecule has 0 spiro atoms. The summed E-state index contributed by atoms with van der Waals surface area (Å²) < 4.78 is 40.7. The van der Waals surface area contributed by atoms with Crippen LogP contribution in [0.25, 0.3) is 16.9 Å². The van der Waals surface area contributed by atoms with Gasteiger partial charge in [0.15, 0.2) is 0 Å². The van der Waals surface area contributed by atoms with Crippen LogP contribution < -0.4 is 11.1 Å². The molecule has 0 bridgehead atoms. The molecule has 1 fully saturated rings. The van der Waals surface area contributed by atoms with Crippen LogP contribution in [0, 0.1) is 11.8 Å². The number of nitrogens with one attached hydrogen (secondary N) is 1. The first-order valence-corrected chi connectivity index (χ1v) is 12.4. The average Bonchev–Trinajstić information content (AvgIpc) is 3.34. The van der Waals surface area contributed by atoms with Crippen molar-refractivity contribution >= 4 is 29.1 Å². The van der Waals surface area contributed by atoms with Crippen LogP contribution in [-0.2, 0) is 11.0 Å². The molecule has 1 aliphatic heterocycles. The second-order valence-corrected chi connectivity index (χ2v) is 9.27. The number of fused-ring (bicyclic) bond motifs is 1. The van der Waals surface area contributed by atoms with Crippen LogP contribution in [-0.4, -0.2) is 49.2 Å². The highest BCUT2D eigenvalue weighted by molar-refractivity contribution is 6.04. The van der Waals surface area contributed by atoms with Crippen molar-refractivity contribution in [3.05, 3.63) is 71.7 Å². The highest BCUT2D eigenvalue weighted by Crippen LogP contribution is 2.34. The molecule has 3 N–H and O–H groups in total. The smallest absolute Gasteiger partial charge is 0.369 e. The molecule has 5 rings (SSSR count). The van der Waals surface area contributed by atoms with Crippen molar-refractivity contribution in [3.8, 4) is 23.2 Å². The first kappa shape index (κ1) is 26.7. The predicted octanol–water partition coefficient (Wildman–Crippen LogP) is 4.37. The number of nitrogens with zero attached hydrogens (tertiary/aromatic N) is 5. The quantitative estimate of drug-likeness (QED) is 0.366. The molecule has 2 amide bonds. The SMILES string of the molecule is CC#CC(=O)N1CCCC(c2nc(-c3ccc(C(=O)Nc4cc(C(F)(F)F)ccn4)cc3)n3c(N)nccc23)C1. The van der Waals surface area contributed by atoms with E-state index in [2.05, 4.69) is 27.1 Å². The van der Waals surface area contributed by atoms with Gasteiger partial charge in [-0.15, -0.1) is 0 Å². The van der Waals surface area contributed by atoms with E-state index in [1.807, 2.05) is 6.07 Å². The Morgan fingerprint density at radius 2 is 1.85 bits per heavy atom. The van der Waals surface area contributed by atoms with Crippen molar-refractivity contribution in [2.75, 3.05) is 24.1 Å². The zero-order valence-corrected chi connectivity index (χ0v) is 21.4. The Balaban J connectivity index is 1.43. The van der Waals surface area contributed by atoms with Gasteiger partial charge < -0.3 is 16.0 Å². The van der Waals surface area contributed by atoms with Gasteiger partial charge in [-0.05, 0) is 56.0 Å². The Labute approximate surface area is 227 Å². The summed E-state index contributed by atoms with van der Waals surface area (Å²) in [5.74, 6) is 4.91. The zero-order chi connectivity index (χ0) is 28.4. The largest absolute Gasteiger partial charge is 0.416 e. The summed E-state index contributed by atoms with van der Waals surface area (Å²) in [5.41, 5.74) is 7.74. The molecule has 1 unspecified atom stereocenters. The summed E-state index contributed by atoms with van der Waals surface area (Å²) in [6.45, 7) is 2.73. The lowest BCUT2D eigenvalue weighted by atomic mass is 9.94. The second-order valence-electron chi connectivity index (χ2n) is 9.27. The number of piperidine rings is 1. The third kappa shape index (κ3) is 5.31. The number of amides is 2. The number of rotatable bonds is 4. The number of nitrogen functional groups attached to an aromatic ring is 1. The maximum atomic E-state index is 13.0. The van der Waals surface area contributed by atoms with Gasteiger partial charge in [-0.2, -0.15) is 13.2 Å². The number of likely N-dealkylation sites (tertiary alicyclic amines) is 1. The molecule has 1 saturated heterocycles. The van der Waals surface area contributed by atoms with E-state index in [0.717, 1.165) is 42.4 Å². The highest BCUT2D eigenvalue weighted by atomic mass is 19.4. The number of nitrogens with two attached hydrogens (primary N) is 1. The Bertz CT molecular complexity index is 1650. The number of carbonyl (C=O) groups excluding carboxylic acids is 2. The fraction of sp³-hybridized carbons (Fsp3) is 0.250. The van der Waals surface area contributed by atoms with Crippen molar-refractivity contribution in [1.29, 1.82) is 0 Å². The van der Waals surface area contributed by atoms with Crippen molar-refractivity contribution in [1.82, 2.24) is 24.3 Å². The number of hydrogen-bond acceptors (Lipinski definition) is 6. The van der Waals surface area contributed by atoms with Gasteiger partial charge in [-0.1, -0.05) is 18.1 Å². The average molecular weight is 548 g/mol. The van der Waals surface area contributed by atoms with Crippen molar-refractivity contribution in [2.24, 2.45) is 0 Å². The minimum absolute atomic E-state index is 0.0353. The van der Waals surface area contributed by atoms with Crippen LogP contribution in [0.4, 0.5) is 24.9 Å². The lowest BCUT2D eigenvalue weighted by Gasteiger charge is -2.30. The molecule has 0 aliphatic carbocycles. The van der Waals surface area contributed by atoms with Crippen LogP contribution in [0.3, 0.4) is 0 Å². The summed E-state index contributed by atoms with van der Waals surface area (Å²) in [6, 6.07) is 9.84. The van der Waals surface area contributed by atoms with E-state index in [1.165, 1.54) is 12.1 Å². The van der Waals surface area contributed by atoms with Gasteiger partial charge in [-0.3, -0.25) is 14.0 Å². The minimum Gasteiger partial charge on any atom is -0.369 e. The third-order valence-electron chi connectivity index (χ3n) is 6.67. The number of aromatic nitrogens is 4. The topological polar surface area (TPSA) is 119 Å². The normalized spacial score (nSPS) is 15.4. The number of hydrogen-bond donors (Lipinski definition) is 2. The fourth-order valence-corrected chi connectivity index (χ4v) is 4.78. The molecule has 9 nitrogen and oxygen atoms in total. The van der Waals surface area contributed by atoms with Crippen LogP contribution in [0.2, 0.25) is 0 Å². The number of imidazole rings is 1. The van der Waals surface area contributed by atoms with Crippen LogP contribution in [0.15, 0.2) is 54.9 Å². The summed E-state index contributed by atoms with van der Waals surface area (Å²) in [7, 11) is 0. The fourth-order valence-electron chi connectivity index (χ4n) is 4.78. The predicted molar refractivity (Wildman–Crippen MR) is 142 cm³/mol. The van der Waals surface area contributed by atoms with Crippen LogP contribution in [0.1, 0.15) is 47.3 Å². The molecule has 3 aromatic heterocycles.